The minimum absolute atomic E-state index is 0.159. The van der Waals surface area contributed by atoms with Gasteiger partial charge in [0, 0.05) is 19.7 Å². The topological polar surface area (TPSA) is 32.3 Å². The maximum absolute atomic E-state index is 8.97. The van der Waals surface area contributed by atoms with Crippen molar-refractivity contribution in [1.29, 1.82) is 0 Å². The highest BCUT2D eigenvalue weighted by molar-refractivity contribution is 5.24. The summed E-state index contributed by atoms with van der Waals surface area (Å²) in [4.78, 5) is 0. The Morgan fingerprint density at radius 1 is 1.17 bits per heavy atom. The van der Waals surface area contributed by atoms with Crippen LogP contribution in [0.15, 0.2) is 24.3 Å². The molecule has 0 aliphatic rings. The molecule has 0 bridgehead atoms. The lowest BCUT2D eigenvalue weighted by molar-refractivity contribution is 0.207. The van der Waals surface area contributed by atoms with E-state index in [1.807, 2.05) is 0 Å². The van der Waals surface area contributed by atoms with E-state index in [2.05, 4.69) is 57.3 Å². The van der Waals surface area contributed by atoms with Crippen molar-refractivity contribution in [2.75, 3.05) is 13.2 Å². The summed E-state index contributed by atoms with van der Waals surface area (Å²) >= 11 is 0. The Bertz CT molecular complexity index is 341. The summed E-state index contributed by atoms with van der Waals surface area (Å²) in [6, 6.07) is 8.81. The lowest BCUT2D eigenvalue weighted by atomic mass is 9.90. The molecule has 0 spiro atoms. The summed E-state index contributed by atoms with van der Waals surface area (Å²) in [7, 11) is 0. The van der Waals surface area contributed by atoms with Gasteiger partial charge in [0.25, 0.3) is 0 Å². The van der Waals surface area contributed by atoms with Gasteiger partial charge in [0.05, 0.1) is 0 Å². The molecule has 2 N–H and O–H groups in total. The number of rotatable bonds is 7. The minimum Gasteiger partial charge on any atom is -0.396 e. The van der Waals surface area contributed by atoms with Gasteiger partial charge < -0.3 is 10.4 Å². The molecule has 2 heteroatoms. The smallest absolute Gasteiger partial charge is 0.0436 e. The van der Waals surface area contributed by atoms with Gasteiger partial charge in [-0.05, 0) is 28.9 Å². The van der Waals surface area contributed by atoms with Crippen LogP contribution in [0.1, 0.15) is 51.2 Å². The molecular weight excluding hydrogens is 222 g/mol. The molecule has 2 nitrogen and oxygen atoms in total. The lowest BCUT2D eigenvalue weighted by Crippen LogP contribution is -2.29. The Labute approximate surface area is 111 Å². The molecule has 18 heavy (non-hydrogen) atoms. The average Bonchev–Trinajstić information content (AvgIpc) is 2.29. The van der Waals surface area contributed by atoms with Crippen molar-refractivity contribution >= 4 is 0 Å². The van der Waals surface area contributed by atoms with Crippen LogP contribution in [0.5, 0.6) is 0 Å². The molecule has 1 aromatic rings. The largest absolute Gasteiger partial charge is 0.396 e. The van der Waals surface area contributed by atoms with E-state index in [9.17, 15) is 0 Å². The van der Waals surface area contributed by atoms with Crippen molar-refractivity contribution in [2.24, 2.45) is 5.41 Å². The standard InChI is InChI=1S/C16H27NO/c1-13(2)15-7-5-14(6-8-15)11-17-12-16(3,4)9-10-18/h5-8,13,17-18H,9-12H2,1-4H3. The molecule has 0 aliphatic heterocycles. The van der Waals surface area contributed by atoms with Crippen molar-refractivity contribution in [1.82, 2.24) is 5.32 Å². The molecule has 0 aromatic heterocycles. The number of aliphatic hydroxyl groups excluding tert-OH is 1. The van der Waals surface area contributed by atoms with Crippen LogP contribution in [0.4, 0.5) is 0 Å². The third-order valence-electron chi connectivity index (χ3n) is 3.37. The van der Waals surface area contributed by atoms with E-state index in [-0.39, 0.29) is 12.0 Å². The van der Waals surface area contributed by atoms with E-state index >= 15 is 0 Å². The van der Waals surface area contributed by atoms with Crippen LogP contribution in [-0.4, -0.2) is 18.3 Å². The first-order chi connectivity index (χ1) is 8.44. The van der Waals surface area contributed by atoms with E-state index in [0.717, 1.165) is 19.5 Å². The molecule has 0 radical (unpaired) electrons. The summed E-state index contributed by atoms with van der Waals surface area (Å²) in [5.74, 6) is 0.593. The van der Waals surface area contributed by atoms with Crippen LogP contribution in [-0.2, 0) is 6.54 Å². The van der Waals surface area contributed by atoms with Gasteiger partial charge in [-0.1, -0.05) is 52.0 Å². The van der Waals surface area contributed by atoms with Crippen LogP contribution < -0.4 is 5.32 Å². The van der Waals surface area contributed by atoms with Gasteiger partial charge >= 0.3 is 0 Å². The molecule has 1 rings (SSSR count). The molecule has 0 atom stereocenters. The highest BCUT2D eigenvalue weighted by Gasteiger charge is 2.16. The molecule has 0 aliphatic carbocycles. The van der Waals surface area contributed by atoms with Crippen LogP contribution in [0.2, 0.25) is 0 Å². The molecule has 0 heterocycles. The first-order valence-corrected chi connectivity index (χ1v) is 6.85. The molecule has 102 valence electrons. The maximum Gasteiger partial charge on any atom is 0.0436 e. The maximum atomic E-state index is 8.97. The van der Waals surface area contributed by atoms with Crippen LogP contribution >= 0.6 is 0 Å². The van der Waals surface area contributed by atoms with Gasteiger partial charge in [-0.25, -0.2) is 0 Å². The second-order valence-electron chi connectivity index (χ2n) is 6.14. The van der Waals surface area contributed by atoms with E-state index in [4.69, 9.17) is 5.11 Å². The second kappa shape index (κ2) is 6.91. The number of nitrogens with one attached hydrogen (secondary N) is 1. The predicted octanol–water partition coefficient (Wildman–Crippen LogP) is 3.31. The number of aliphatic hydroxyl groups is 1. The van der Waals surface area contributed by atoms with Crippen molar-refractivity contribution in [3.05, 3.63) is 35.4 Å². The summed E-state index contributed by atoms with van der Waals surface area (Å²) < 4.78 is 0. The molecular formula is C16H27NO. The molecule has 1 aromatic carbocycles. The Morgan fingerprint density at radius 3 is 2.28 bits per heavy atom. The SMILES string of the molecule is CC(C)c1ccc(CNCC(C)(C)CCO)cc1. The van der Waals surface area contributed by atoms with Gasteiger partial charge in [0.15, 0.2) is 0 Å². The number of benzene rings is 1. The first-order valence-electron chi connectivity index (χ1n) is 6.85. The molecule has 0 fully saturated rings. The summed E-state index contributed by atoms with van der Waals surface area (Å²) in [6.45, 7) is 10.9. The van der Waals surface area contributed by atoms with E-state index in [1.54, 1.807) is 0 Å². The van der Waals surface area contributed by atoms with E-state index < -0.39 is 0 Å². The third-order valence-corrected chi connectivity index (χ3v) is 3.37. The van der Waals surface area contributed by atoms with Gasteiger partial charge in [0.1, 0.15) is 0 Å². The Hall–Kier alpha value is -0.860. The highest BCUT2D eigenvalue weighted by atomic mass is 16.3. The van der Waals surface area contributed by atoms with Crippen molar-refractivity contribution in [3.63, 3.8) is 0 Å². The fourth-order valence-electron chi connectivity index (χ4n) is 1.96. The van der Waals surface area contributed by atoms with E-state index in [1.165, 1.54) is 11.1 Å². The fourth-order valence-corrected chi connectivity index (χ4v) is 1.96. The monoisotopic (exact) mass is 249 g/mol. The fraction of sp³-hybridized carbons (Fsp3) is 0.625. The average molecular weight is 249 g/mol. The number of hydrogen-bond donors (Lipinski definition) is 2. The Balaban J connectivity index is 2.40. The zero-order chi connectivity index (χ0) is 13.6. The zero-order valence-electron chi connectivity index (χ0n) is 12.2. The highest BCUT2D eigenvalue weighted by Crippen LogP contribution is 2.18. The van der Waals surface area contributed by atoms with Gasteiger partial charge in [-0.15, -0.1) is 0 Å². The van der Waals surface area contributed by atoms with Crippen molar-refractivity contribution in [2.45, 2.75) is 46.6 Å². The molecule has 0 saturated carbocycles. The van der Waals surface area contributed by atoms with Crippen LogP contribution in [0.3, 0.4) is 0 Å². The summed E-state index contributed by atoms with van der Waals surface area (Å²) in [5, 5.41) is 12.4. The van der Waals surface area contributed by atoms with Crippen LogP contribution in [0, 0.1) is 5.41 Å². The molecule has 0 unspecified atom stereocenters. The Morgan fingerprint density at radius 2 is 1.78 bits per heavy atom. The van der Waals surface area contributed by atoms with Gasteiger partial charge in [-0.2, -0.15) is 0 Å². The number of hydrogen-bond acceptors (Lipinski definition) is 2. The van der Waals surface area contributed by atoms with Crippen molar-refractivity contribution < 1.29 is 5.11 Å². The first kappa shape index (κ1) is 15.2. The van der Waals surface area contributed by atoms with Crippen molar-refractivity contribution in [3.8, 4) is 0 Å². The molecule has 0 saturated heterocycles. The normalized spacial score (nSPS) is 12.1. The lowest BCUT2D eigenvalue weighted by Gasteiger charge is -2.24. The zero-order valence-corrected chi connectivity index (χ0v) is 12.2. The Kier molecular flexibility index (Phi) is 5.83. The van der Waals surface area contributed by atoms with E-state index in [0.29, 0.717) is 5.92 Å². The second-order valence-corrected chi connectivity index (χ2v) is 6.14. The molecule has 0 amide bonds. The predicted molar refractivity (Wildman–Crippen MR) is 77.7 cm³/mol. The van der Waals surface area contributed by atoms with Gasteiger partial charge in [0.2, 0.25) is 0 Å². The minimum atomic E-state index is 0.159. The third kappa shape index (κ3) is 5.19. The summed E-state index contributed by atoms with van der Waals surface area (Å²) in [6.07, 6.45) is 0.840. The van der Waals surface area contributed by atoms with Crippen LogP contribution in [0.25, 0.3) is 0 Å². The summed E-state index contributed by atoms with van der Waals surface area (Å²) in [5.41, 5.74) is 2.87. The quantitative estimate of drug-likeness (QED) is 0.777. The van der Waals surface area contributed by atoms with Gasteiger partial charge in [-0.3, -0.25) is 0 Å².